The molecule has 3 aliphatic carbocycles. The first kappa shape index (κ1) is 23.3. The minimum absolute atomic E-state index is 0.232. The number of hydrogen-bond acceptors (Lipinski definition) is 5. The molecule has 3 N–H and O–H groups in total. The van der Waals surface area contributed by atoms with Crippen LogP contribution in [0.2, 0.25) is 0 Å². The molecule has 0 saturated heterocycles. The average Bonchev–Trinajstić information content (AvgIpc) is 3.29. The summed E-state index contributed by atoms with van der Waals surface area (Å²) < 4.78 is 12.1. The Hall–Kier alpha value is -2.15. The van der Waals surface area contributed by atoms with Crippen LogP contribution in [0, 0.1) is 11.3 Å². The molecule has 1 aromatic carbocycles. The number of aromatic nitrogens is 1. The zero-order valence-electron chi connectivity index (χ0n) is 21.4. The lowest BCUT2D eigenvalue weighted by Gasteiger charge is -2.65. The van der Waals surface area contributed by atoms with Crippen LogP contribution in [-0.4, -0.2) is 50.7 Å². The lowest BCUT2D eigenvalue weighted by atomic mass is 9.42. The summed E-state index contributed by atoms with van der Waals surface area (Å²) in [5, 5.41) is 24.7. The Kier molecular flexibility index (Phi) is 4.79. The highest BCUT2D eigenvalue weighted by Gasteiger charge is 2.70. The second-order valence-electron chi connectivity index (χ2n) is 12.3. The number of carbonyl (C=O) groups is 1. The molecular formula is C29H37NO5. The van der Waals surface area contributed by atoms with Gasteiger partial charge in [0.1, 0.15) is 12.2 Å². The first-order chi connectivity index (χ1) is 16.4. The van der Waals surface area contributed by atoms with Crippen molar-refractivity contribution >= 4 is 16.9 Å². The van der Waals surface area contributed by atoms with Crippen molar-refractivity contribution in [2.24, 2.45) is 11.3 Å². The minimum atomic E-state index is -1.19. The molecule has 2 unspecified atom stereocenters. The van der Waals surface area contributed by atoms with Gasteiger partial charge in [-0.05, 0) is 75.1 Å². The molecule has 0 bridgehead atoms. The Morgan fingerprint density at radius 1 is 1.20 bits per heavy atom. The molecule has 2 aromatic rings. The average molecular weight is 480 g/mol. The van der Waals surface area contributed by atoms with Gasteiger partial charge >= 0.3 is 5.97 Å². The first-order valence-corrected chi connectivity index (χ1v) is 13.0. The van der Waals surface area contributed by atoms with Crippen molar-refractivity contribution in [3.8, 4) is 0 Å². The number of para-hydroxylation sites is 1. The Morgan fingerprint density at radius 2 is 1.94 bits per heavy atom. The number of nitrogens with one attached hydrogen (secondary N) is 1. The number of H-pyrrole nitrogens is 1. The third-order valence-corrected chi connectivity index (χ3v) is 10.2. The van der Waals surface area contributed by atoms with E-state index in [1.807, 2.05) is 6.08 Å². The normalized spacial score (nSPS) is 40.4. The van der Waals surface area contributed by atoms with E-state index in [9.17, 15) is 15.0 Å². The maximum atomic E-state index is 12.6. The van der Waals surface area contributed by atoms with Crippen LogP contribution in [-0.2, 0) is 26.1 Å². The van der Waals surface area contributed by atoms with Crippen LogP contribution in [0.4, 0.5) is 0 Å². The fourth-order valence-corrected chi connectivity index (χ4v) is 8.25. The summed E-state index contributed by atoms with van der Waals surface area (Å²) >= 11 is 0. The molecule has 0 radical (unpaired) electrons. The maximum absolute atomic E-state index is 12.6. The van der Waals surface area contributed by atoms with Crippen LogP contribution in [0.5, 0.6) is 0 Å². The molecule has 4 aliphatic rings. The van der Waals surface area contributed by atoms with Gasteiger partial charge in [-0.25, -0.2) is 0 Å². The minimum Gasteiger partial charge on any atom is -0.455 e. The summed E-state index contributed by atoms with van der Waals surface area (Å²) in [5.41, 5.74) is 1.70. The van der Waals surface area contributed by atoms with Crippen LogP contribution in [0.25, 0.3) is 10.9 Å². The number of hydrogen-bond donors (Lipinski definition) is 3. The molecule has 0 amide bonds. The fourth-order valence-electron chi connectivity index (χ4n) is 8.25. The topological polar surface area (TPSA) is 91.8 Å². The third kappa shape index (κ3) is 2.90. The van der Waals surface area contributed by atoms with E-state index >= 15 is 0 Å². The number of ether oxygens (including phenoxy) is 2. The Morgan fingerprint density at radius 3 is 2.66 bits per heavy atom. The highest BCUT2D eigenvalue weighted by molar-refractivity contribution is 5.86. The van der Waals surface area contributed by atoms with Crippen molar-refractivity contribution in [1.29, 1.82) is 0 Å². The van der Waals surface area contributed by atoms with E-state index in [2.05, 4.69) is 43.1 Å². The van der Waals surface area contributed by atoms with Gasteiger partial charge in [0.2, 0.25) is 0 Å². The van der Waals surface area contributed by atoms with Crippen molar-refractivity contribution in [3.63, 3.8) is 0 Å². The third-order valence-electron chi connectivity index (χ3n) is 10.2. The zero-order chi connectivity index (χ0) is 25.0. The highest BCUT2D eigenvalue weighted by atomic mass is 16.6. The Labute approximate surface area is 206 Å². The zero-order valence-corrected chi connectivity index (χ0v) is 21.4. The summed E-state index contributed by atoms with van der Waals surface area (Å²) in [4.78, 5) is 15.7. The number of benzene rings is 1. The van der Waals surface area contributed by atoms with Gasteiger partial charge in [0.15, 0.2) is 0 Å². The van der Waals surface area contributed by atoms with Crippen LogP contribution < -0.4 is 0 Å². The van der Waals surface area contributed by atoms with E-state index in [-0.39, 0.29) is 11.5 Å². The predicted molar refractivity (Wildman–Crippen MR) is 133 cm³/mol. The first-order valence-electron chi connectivity index (χ1n) is 13.0. The van der Waals surface area contributed by atoms with Gasteiger partial charge in [-0.1, -0.05) is 32.0 Å². The second kappa shape index (κ2) is 7.21. The van der Waals surface area contributed by atoms with Crippen molar-refractivity contribution in [2.75, 3.05) is 0 Å². The molecule has 7 atom stereocenters. The van der Waals surface area contributed by atoms with Crippen molar-refractivity contribution < 1.29 is 24.5 Å². The molecule has 1 aliphatic heterocycles. The SMILES string of the molecule is CC(=O)OC1C=C2C(CC[C@@]3(C)[C@@]2(O)CC[C@H]2Cc4c([nH]c5ccccc45)[C@@]23C)O[C@@H]1C(C)(C)O. The molecule has 6 heteroatoms. The van der Waals surface area contributed by atoms with Gasteiger partial charge in [-0.3, -0.25) is 4.79 Å². The summed E-state index contributed by atoms with van der Waals surface area (Å²) in [7, 11) is 0. The predicted octanol–water partition coefficient (Wildman–Crippen LogP) is 4.32. The molecule has 1 aromatic heterocycles. The molecule has 188 valence electrons. The number of fused-ring (bicyclic) bond motifs is 9. The van der Waals surface area contributed by atoms with E-state index in [4.69, 9.17) is 9.47 Å². The van der Waals surface area contributed by atoms with Crippen LogP contribution in [0.3, 0.4) is 0 Å². The number of rotatable bonds is 2. The summed E-state index contributed by atoms with van der Waals surface area (Å²) in [6.07, 6.45) is 4.31. The second-order valence-corrected chi connectivity index (χ2v) is 12.3. The van der Waals surface area contributed by atoms with E-state index in [0.29, 0.717) is 12.3 Å². The van der Waals surface area contributed by atoms with E-state index in [1.165, 1.54) is 23.6 Å². The monoisotopic (exact) mass is 479 g/mol. The summed E-state index contributed by atoms with van der Waals surface area (Å²) in [6.45, 7) is 9.32. The Bertz CT molecular complexity index is 1240. The number of carbonyl (C=O) groups excluding carboxylic acids is 1. The fraction of sp³-hybridized carbons (Fsp3) is 0.621. The molecule has 0 spiro atoms. The molecule has 6 rings (SSSR count). The van der Waals surface area contributed by atoms with Gasteiger partial charge < -0.3 is 24.7 Å². The number of esters is 1. The van der Waals surface area contributed by atoms with Gasteiger partial charge in [-0.2, -0.15) is 0 Å². The van der Waals surface area contributed by atoms with E-state index in [1.54, 1.807) is 13.8 Å². The standard InChI is InChI=1S/C29H37NO5/c1-16(31)34-23-15-20-22(35-25(23)26(2,3)32)11-12-27(4)28(5)17(10-13-29(20,27)33)14-19-18-8-6-7-9-21(18)30-24(19)28/h6-9,15,17,22-23,25,30,32-33H,10-14H2,1-5H3/t17-,22?,23?,25-,27+,28+,29+/m0/s1. The molecular weight excluding hydrogens is 442 g/mol. The van der Waals surface area contributed by atoms with Crippen LogP contribution in [0.1, 0.15) is 71.6 Å². The molecule has 6 nitrogen and oxygen atoms in total. The lowest BCUT2D eigenvalue weighted by Crippen LogP contribution is -2.68. The van der Waals surface area contributed by atoms with Gasteiger partial charge in [0, 0.05) is 34.4 Å². The Balaban J connectivity index is 1.49. The number of aliphatic hydroxyl groups is 2. The smallest absolute Gasteiger partial charge is 0.303 e. The van der Waals surface area contributed by atoms with Gasteiger partial charge in [0.05, 0.1) is 17.3 Å². The quantitative estimate of drug-likeness (QED) is 0.441. The van der Waals surface area contributed by atoms with Crippen molar-refractivity contribution in [2.45, 2.75) is 102 Å². The molecule has 35 heavy (non-hydrogen) atoms. The molecule has 2 saturated carbocycles. The lowest BCUT2D eigenvalue weighted by molar-refractivity contribution is -0.214. The largest absolute Gasteiger partial charge is 0.455 e. The summed E-state index contributed by atoms with van der Waals surface area (Å²) in [5.74, 6) is 0.0246. The van der Waals surface area contributed by atoms with E-state index in [0.717, 1.165) is 36.8 Å². The van der Waals surface area contributed by atoms with Crippen LogP contribution >= 0.6 is 0 Å². The van der Waals surface area contributed by atoms with Gasteiger partial charge in [-0.15, -0.1) is 0 Å². The molecule has 2 heterocycles. The van der Waals surface area contributed by atoms with Crippen molar-refractivity contribution in [3.05, 3.63) is 47.2 Å². The van der Waals surface area contributed by atoms with Gasteiger partial charge in [0.25, 0.3) is 0 Å². The van der Waals surface area contributed by atoms with Crippen molar-refractivity contribution in [1.82, 2.24) is 4.98 Å². The summed E-state index contributed by atoms with van der Waals surface area (Å²) in [6, 6.07) is 8.51. The van der Waals surface area contributed by atoms with E-state index < -0.39 is 34.8 Å². The highest BCUT2D eigenvalue weighted by Crippen LogP contribution is 2.69. The number of aromatic amines is 1. The molecule has 2 fully saturated rings. The van der Waals surface area contributed by atoms with Crippen LogP contribution in [0.15, 0.2) is 35.9 Å². The maximum Gasteiger partial charge on any atom is 0.303 e.